The Bertz CT molecular complexity index is 520. The lowest BCUT2D eigenvalue weighted by atomic mass is 10.2. The van der Waals surface area contributed by atoms with E-state index in [-0.39, 0.29) is 5.91 Å². The SMILES string of the molecule is Cc1cc(C(=O)NCc2ccc(Br)cc2)no1. The molecule has 2 aromatic rings. The van der Waals surface area contributed by atoms with Gasteiger partial charge in [0.05, 0.1) is 0 Å². The molecule has 0 saturated carbocycles. The molecule has 88 valence electrons. The molecule has 1 aromatic heterocycles. The maximum Gasteiger partial charge on any atom is 0.273 e. The largest absolute Gasteiger partial charge is 0.361 e. The van der Waals surface area contributed by atoms with Gasteiger partial charge in [0.1, 0.15) is 5.76 Å². The van der Waals surface area contributed by atoms with Gasteiger partial charge in [-0.3, -0.25) is 4.79 Å². The van der Waals surface area contributed by atoms with Crippen molar-refractivity contribution < 1.29 is 9.32 Å². The van der Waals surface area contributed by atoms with E-state index < -0.39 is 0 Å². The van der Waals surface area contributed by atoms with Crippen LogP contribution < -0.4 is 5.32 Å². The zero-order chi connectivity index (χ0) is 12.3. The number of amides is 1. The Morgan fingerprint density at radius 1 is 1.41 bits per heavy atom. The van der Waals surface area contributed by atoms with Crippen LogP contribution in [-0.4, -0.2) is 11.1 Å². The Morgan fingerprint density at radius 2 is 2.12 bits per heavy atom. The standard InChI is InChI=1S/C12H11BrN2O2/c1-8-6-11(15-17-8)12(16)14-7-9-2-4-10(13)5-3-9/h2-6H,7H2,1H3,(H,14,16). The zero-order valence-electron chi connectivity index (χ0n) is 9.24. The normalized spacial score (nSPS) is 10.2. The van der Waals surface area contributed by atoms with Crippen molar-refractivity contribution in [3.63, 3.8) is 0 Å². The van der Waals surface area contributed by atoms with Crippen LogP contribution in [0, 0.1) is 6.92 Å². The van der Waals surface area contributed by atoms with Crippen LogP contribution in [0.1, 0.15) is 21.8 Å². The third-order valence-corrected chi connectivity index (χ3v) is 2.76. The van der Waals surface area contributed by atoms with Gasteiger partial charge in [-0.1, -0.05) is 33.2 Å². The van der Waals surface area contributed by atoms with E-state index in [1.165, 1.54) is 0 Å². The molecule has 0 aliphatic heterocycles. The summed E-state index contributed by atoms with van der Waals surface area (Å²) in [6.45, 7) is 2.22. The average Bonchev–Trinajstić information content (AvgIpc) is 2.75. The monoisotopic (exact) mass is 294 g/mol. The molecule has 0 spiro atoms. The first-order valence-electron chi connectivity index (χ1n) is 5.11. The highest BCUT2D eigenvalue weighted by Crippen LogP contribution is 2.10. The number of aryl methyl sites for hydroxylation is 1. The van der Waals surface area contributed by atoms with Gasteiger partial charge < -0.3 is 9.84 Å². The van der Waals surface area contributed by atoms with Crippen LogP contribution >= 0.6 is 15.9 Å². The number of halogens is 1. The van der Waals surface area contributed by atoms with Crippen molar-refractivity contribution >= 4 is 21.8 Å². The summed E-state index contributed by atoms with van der Waals surface area (Å²) in [5, 5.41) is 6.42. The number of aromatic nitrogens is 1. The number of hydrogen-bond donors (Lipinski definition) is 1. The summed E-state index contributed by atoms with van der Waals surface area (Å²) in [6.07, 6.45) is 0. The predicted octanol–water partition coefficient (Wildman–Crippen LogP) is 2.68. The molecule has 1 heterocycles. The van der Waals surface area contributed by atoms with Gasteiger partial charge in [0.15, 0.2) is 5.69 Å². The van der Waals surface area contributed by atoms with Crippen LogP contribution in [0.5, 0.6) is 0 Å². The van der Waals surface area contributed by atoms with Crippen LogP contribution in [0.2, 0.25) is 0 Å². The van der Waals surface area contributed by atoms with Crippen LogP contribution in [0.15, 0.2) is 39.3 Å². The molecule has 0 bridgehead atoms. The Balaban J connectivity index is 1.94. The molecule has 0 saturated heterocycles. The molecular formula is C12H11BrN2O2. The quantitative estimate of drug-likeness (QED) is 0.947. The number of benzene rings is 1. The van der Waals surface area contributed by atoms with Gasteiger partial charge in [0.2, 0.25) is 0 Å². The van der Waals surface area contributed by atoms with Crippen molar-refractivity contribution in [1.29, 1.82) is 0 Å². The van der Waals surface area contributed by atoms with E-state index in [4.69, 9.17) is 4.52 Å². The highest BCUT2D eigenvalue weighted by atomic mass is 79.9. The minimum atomic E-state index is -0.232. The summed E-state index contributed by atoms with van der Waals surface area (Å²) < 4.78 is 5.85. The number of nitrogens with zero attached hydrogens (tertiary/aromatic N) is 1. The van der Waals surface area contributed by atoms with Crippen LogP contribution in [0.4, 0.5) is 0 Å². The minimum Gasteiger partial charge on any atom is -0.361 e. The lowest BCUT2D eigenvalue weighted by Gasteiger charge is -2.02. The summed E-state index contributed by atoms with van der Waals surface area (Å²) in [6, 6.07) is 9.36. The number of rotatable bonds is 3. The van der Waals surface area contributed by atoms with E-state index >= 15 is 0 Å². The molecule has 2 rings (SSSR count). The fourth-order valence-electron chi connectivity index (χ4n) is 1.35. The second-order valence-corrected chi connectivity index (χ2v) is 4.55. The zero-order valence-corrected chi connectivity index (χ0v) is 10.8. The average molecular weight is 295 g/mol. The van der Waals surface area contributed by atoms with E-state index in [1.54, 1.807) is 13.0 Å². The molecule has 1 amide bonds. The van der Waals surface area contributed by atoms with Gasteiger partial charge in [-0.25, -0.2) is 0 Å². The lowest BCUT2D eigenvalue weighted by molar-refractivity contribution is 0.0942. The van der Waals surface area contributed by atoms with Gasteiger partial charge in [-0.05, 0) is 24.6 Å². The number of hydrogen-bond acceptors (Lipinski definition) is 3. The summed E-state index contributed by atoms with van der Waals surface area (Å²) in [7, 11) is 0. The second-order valence-electron chi connectivity index (χ2n) is 3.63. The van der Waals surface area contributed by atoms with E-state index in [0.717, 1.165) is 10.0 Å². The van der Waals surface area contributed by atoms with Crippen LogP contribution in [-0.2, 0) is 6.54 Å². The molecule has 17 heavy (non-hydrogen) atoms. The first-order valence-corrected chi connectivity index (χ1v) is 5.90. The third kappa shape index (κ3) is 3.17. The summed E-state index contributed by atoms with van der Waals surface area (Å²) in [5.41, 5.74) is 1.33. The van der Waals surface area contributed by atoms with Crippen molar-refractivity contribution in [1.82, 2.24) is 10.5 Å². The van der Waals surface area contributed by atoms with Crippen LogP contribution in [0.25, 0.3) is 0 Å². The minimum absolute atomic E-state index is 0.232. The molecule has 0 fully saturated rings. The van der Waals surface area contributed by atoms with Gasteiger partial charge in [0.25, 0.3) is 5.91 Å². The summed E-state index contributed by atoms with van der Waals surface area (Å²) >= 11 is 3.36. The molecule has 1 N–H and O–H groups in total. The van der Waals surface area contributed by atoms with Gasteiger partial charge in [-0.2, -0.15) is 0 Å². The Kier molecular flexibility index (Phi) is 3.58. The molecular weight excluding hydrogens is 284 g/mol. The number of carbonyl (C=O) groups is 1. The predicted molar refractivity (Wildman–Crippen MR) is 66.6 cm³/mol. The Morgan fingerprint density at radius 3 is 2.71 bits per heavy atom. The first-order chi connectivity index (χ1) is 8.15. The van der Waals surface area contributed by atoms with Crippen LogP contribution in [0.3, 0.4) is 0 Å². The third-order valence-electron chi connectivity index (χ3n) is 2.23. The first kappa shape index (κ1) is 11.9. The smallest absolute Gasteiger partial charge is 0.273 e. The highest BCUT2D eigenvalue weighted by Gasteiger charge is 2.09. The fraction of sp³-hybridized carbons (Fsp3) is 0.167. The van der Waals surface area contributed by atoms with Gasteiger partial charge in [0, 0.05) is 17.1 Å². The molecule has 0 atom stereocenters. The van der Waals surface area contributed by atoms with Crippen molar-refractivity contribution in [2.45, 2.75) is 13.5 Å². The molecule has 0 aliphatic rings. The topological polar surface area (TPSA) is 55.1 Å². The van der Waals surface area contributed by atoms with Gasteiger partial charge in [-0.15, -0.1) is 0 Å². The fourth-order valence-corrected chi connectivity index (χ4v) is 1.61. The maximum atomic E-state index is 11.7. The Labute approximate surface area is 107 Å². The second kappa shape index (κ2) is 5.14. The van der Waals surface area contributed by atoms with Crippen molar-refractivity contribution in [3.8, 4) is 0 Å². The van der Waals surface area contributed by atoms with Crippen molar-refractivity contribution in [2.24, 2.45) is 0 Å². The molecule has 0 unspecified atom stereocenters. The van der Waals surface area contributed by atoms with Gasteiger partial charge >= 0.3 is 0 Å². The molecule has 0 radical (unpaired) electrons. The highest BCUT2D eigenvalue weighted by molar-refractivity contribution is 9.10. The molecule has 4 nitrogen and oxygen atoms in total. The van der Waals surface area contributed by atoms with E-state index in [2.05, 4.69) is 26.4 Å². The summed E-state index contributed by atoms with van der Waals surface area (Å²) in [5.74, 6) is 0.392. The number of carbonyl (C=O) groups excluding carboxylic acids is 1. The van der Waals surface area contributed by atoms with E-state index in [9.17, 15) is 4.79 Å². The van der Waals surface area contributed by atoms with E-state index in [0.29, 0.717) is 18.0 Å². The Hall–Kier alpha value is -1.62. The van der Waals surface area contributed by atoms with Crippen molar-refractivity contribution in [2.75, 3.05) is 0 Å². The molecule has 0 aliphatic carbocycles. The summed E-state index contributed by atoms with van der Waals surface area (Å²) in [4.78, 5) is 11.7. The van der Waals surface area contributed by atoms with Crippen molar-refractivity contribution in [3.05, 3.63) is 51.8 Å². The maximum absolute atomic E-state index is 11.7. The molecule has 5 heteroatoms. The lowest BCUT2D eigenvalue weighted by Crippen LogP contribution is -2.22. The van der Waals surface area contributed by atoms with E-state index in [1.807, 2.05) is 24.3 Å². The molecule has 1 aromatic carbocycles. The number of nitrogens with one attached hydrogen (secondary N) is 1.